The van der Waals surface area contributed by atoms with E-state index in [-0.39, 0.29) is 23.8 Å². The third-order valence-electron chi connectivity index (χ3n) is 5.85. The lowest BCUT2D eigenvalue weighted by Gasteiger charge is -2.21. The number of aromatic nitrogens is 2. The van der Waals surface area contributed by atoms with Gasteiger partial charge in [0.2, 0.25) is 5.91 Å². The van der Waals surface area contributed by atoms with E-state index in [0.717, 1.165) is 25.0 Å². The summed E-state index contributed by atoms with van der Waals surface area (Å²) in [6, 6.07) is 16.9. The van der Waals surface area contributed by atoms with Crippen LogP contribution in [0.25, 0.3) is 5.69 Å². The van der Waals surface area contributed by atoms with Crippen molar-refractivity contribution in [3.63, 3.8) is 0 Å². The van der Waals surface area contributed by atoms with E-state index in [1.54, 1.807) is 10.7 Å². The van der Waals surface area contributed by atoms with Crippen molar-refractivity contribution < 1.29 is 9.59 Å². The first-order valence-electron chi connectivity index (χ1n) is 12.2. The fourth-order valence-electron chi connectivity index (χ4n) is 3.70. The van der Waals surface area contributed by atoms with Crippen molar-refractivity contribution in [2.45, 2.75) is 59.3 Å². The molecule has 1 N–H and O–H groups in total. The fraction of sp³-hybridized carbons (Fsp3) is 0.393. The zero-order valence-electron chi connectivity index (χ0n) is 21.3. The van der Waals surface area contributed by atoms with Crippen molar-refractivity contribution in [3.05, 3.63) is 76.4 Å². The summed E-state index contributed by atoms with van der Waals surface area (Å²) < 4.78 is 1.65. The molecule has 0 atom stereocenters. The quantitative estimate of drug-likeness (QED) is 0.381. The Morgan fingerprint density at radius 2 is 1.74 bits per heavy atom. The molecule has 0 aliphatic rings. The summed E-state index contributed by atoms with van der Waals surface area (Å²) in [7, 11) is 0. The first-order chi connectivity index (χ1) is 16.6. The van der Waals surface area contributed by atoms with Crippen LogP contribution in [-0.2, 0) is 16.6 Å². The summed E-state index contributed by atoms with van der Waals surface area (Å²) >= 11 is 6.42. The van der Waals surface area contributed by atoms with E-state index >= 15 is 0 Å². The van der Waals surface area contributed by atoms with Crippen LogP contribution < -0.4 is 5.32 Å². The van der Waals surface area contributed by atoms with Gasteiger partial charge in [0.25, 0.3) is 5.91 Å². The fourth-order valence-corrected chi connectivity index (χ4v) is 3.92. The number of carbonyl (C=O) groups is 2. The molecule has 2 aromatic carbocycles. The molecule has 0 aliphatic heterocycles. The Kier molecular flexibility index (Phi) is 8.73. The highest BCUT2D eigenvalue weighted by atomic mass is 35.5. The van der Waals surface area contributed by atoms with E-state index < -0.39 is 0 Å². The summed E-state index contributed by atoms with van der Waals surface area (Å²) in [6.07, 6.45) is 3.25. The molecule has 0 spiro atoms. The molecule has 0 radical (unpaired) electrons. The summed E-state index contributed by atoms with van der Waals surface area (Å²) in [6.45, 7) is 10.6. The normalized spacial score (nSPS) is 11.4. The molecule has 0 bridgehead atoms. The van der Waals surface area contributed by atoms with Crippen LogP contribution in [0.15, 0.2) is 54.6 Å². The minimum Gasteiger partial charge on any atom is -0.330 e. The van der Waals surface area contributed by atoms with E-state index in [0.29, 0.717) is 28.6 Å². The second-order valence-corrected chi connectivity index (χ2v) is 10.1. The van der Waals surface area contributed by atoms with Crippen molar-refractivity contribution in [2.75, 3.05) is 18.4 Å². The Labute approximate surface area is 213 Å². The molecular weight excluding hydrogens is 460 g/mol. The van der Waals surface area contributed by atoms with Crippen LogP contribution in [0.1, 0.15) is 69.1 Å². The largest absolute Gasteiger partial charge is 0.330 e. The van der Waals surface area contributed by atoms with Gasteiger partial charge in [-0.25, -0.2) is 4.68 Å². The highest BCUT2D eigenvalue weighted by Crippen LogP contribution is 2.29. The highest BCUT2D eigenvalue weighted by Gasteiger charge is 2.23. The van der Waals surface area contributed by atoms with Crippen LogP contribution in [0, 0.1) is 0 Å². The first-order valence-corrected chi connectivity index (χ1v) is 12.5. The number of rotatable bonds is 9. The summed E-state index contributed by atoms with van der Waals surface area (Å²) in [5, 5.41) is 8.18. The number of likely N-dealkylation sites (N-methyl/N-ethyl adjacent to an activating group) is 1. The van der Waals surface area contributed by atoms with E-state index in [1.165, 1.54) is 10.5 Å². The molecular formula is C28H35ClN4O2. The third-order valence-corrected chi connectivity index (χ3v) is 6.17. The summed E-state index contributed by atoms with van der Waals surface area (Å²) in [5.41, 5.74) is 3.06. The summed E-state index contributed by atoms with van der Waals surface area (Å²) in [4.78, 5) is 27.6. The molecule has 2 amide bonds. The van der Waals surface area contributed by atoms with Gasteiger partial charge in [0.05, 0.1) is 16.4 Å². The molecule has 0 aliphatic carbocycles. The van der Waals surface area contributed by atoms with Gasteiger partial charge in [0, 0.05) is 23.6 Å². The number of nitrogens with zero attached hydrogens (tertiary/aromatic N) is 3. The molecule has 1 aromatic heterocycles. The average molecular weight is 495 g/mol. The molecule has 6 nitrogen and oxygen atoms in total. The van der Waals surface area contributed by atoms with Gasteiger partial charge < -0.3 is 10.2 Å². The van der Waals surface area contributed by atoms with Crippen LogP contribution in [0.4, 0.5) is 5.82 Å². The number of hydrogen-bond donors (Lipinski definition) is 1. The number of benzene rings is 2. The number of halogens is 1. The van der Waals surface area contributed by atoms with Crippen molar-refractivity contribution in [3.8, 4) is 5.69 Å². The van der Waals surface area contributed by atoms with Gasteiger partial charge in [0.1, 0.15) is 12.4 Å². The lowest BCUT2D eigenvalue weighted by atomic mass is 9.92. The van der Waals surface area contributed by atoms with Crippen LogP contribution >= 0.6 is 11.6 Å². The number of nitrogens with one attached hydrogen (secondary N) is 1. The number of para-hydroxylation sites is 1. The van der Waals surface area contributed by atoms with Crippen LogP contribution in [0.5, 0.6) is 0 Å². The SMILES string of the molecule is CCCCc1ccc(C(=O)N(CC)CC(=O)Nc2cc(C(C)(C)C)nn2-c2ccccc2Cl)cc1. The second kappa shape index (κ2) is 11.5. The maximum Gasteiger partial charge on any atom is 0.254 e. The van der Waals surface area contributed by atoms with Gasteiger partial charge in [-0.1, -0.05) is 70.0 Å². The van der Waals surface area contributed by atoms with E-state index in [9.17, 15) is 9.59 Å². The standard InChI is InChI=1S/C28H35ClN4O2/c1-6-8-11-20-14-16-21(17-15-20)27(35)32(7-2)19-26(34)30-25-18-24(28(3,4)5)31-33(25)23-13-10-9-12-22(23)29/h9-10,12-18H,6-8,11,19H2,1-5H3,(H,30,34). The van der Waals surface area contributed by atoms with Crippen molar-refractivity contribution in [1.29, 1.82) is 0 Å². The van der Waals surface area contributed by atoms with E-state index in [4.69, 9.17) is 16.7 Å². The molecule has 7 heteroatoms. The first kappa shape index (κ1) is 26.5. The lowest BCUT2D eigenvalue weighted by Crippen LogP contribution is -2.38. The number of unbranched alkanes of at least 4 members (excludes halogenated alkanes) is 1. The molecule has 1 heterocycles. The zero-order valence-corrected chi connectivity index (χ0v) is 22.0. The Balaban J connectivity index is 1.78. The van der Waals surface area contributed by atoms with Gasteiger partial charge in [-0.2, -0.15) is 5.10 Å². The Hall–Kier alpha value is -3.12. The molecule has 186 valence electrons. The van der Waals surface area contributed by atoms with Crippen molar-refractivity contribution in [1.82, 2.24) is 14.7 Å². The topological polar surface area (TPSA) is 67.2 Å². The number of amides is 2. The van der Waals surface area contributed by atoms with Crippen LogP contribution in [0.2, 0.25) is 5.02 Å². The van der Waals surface area contributed by atoms with Crippen LogP contribution in [-0.4, -0.2) is 39.6 Å². The number of anilines is 1. The van der Waals surface area contributed by atoms with Crippen molar-refractivity contribution >= 4 is 29.2 Å². The number of hydrogen-bond acceptors (Lipinski definition) is 3. The van der Waals surface area contributed by atoms with Gasteiger partial charge in [0.15, 0.2) is 0 Å². The Morgan fingerprint density at radius 3 is 2.34 bits per heavy atom. The third kappa shape index (κ3) is 6.73. The zero-order chi connectivity index (χ0) is 25.6. The molecule has 35 heavy (non-hydrogen) atoms. The second-order valence-electron chi connectivity index (χ2n) is 9.70. The molecule has 3 rings (SSSR count). The predicted octanol–water partition coefficient (Wildman–Crippen LogP) is 6.27. The molecule has 3 aromatic rings. The van der Waals surface area contributed by atoms with Gasteiger partial charge >= 0.3 is 0 Å². The molecule has 0 saturated heterocycles. The van der Waals surface area contributed by atoms with E-state index in [2.05, 4.69) is 33.0 Å². The Bertz CT molecular complexity index is 1160. The minimum atomic E-state index is -0.298. The Morgan fingerprint density at radius 1 is 1.06 bits per heavy atom. The predicted molar refractivity (Wildman–Crippen MR) is 143 cm³/mol. The average Bonchev–Trinajstić information content (AvgIpc) is 3.25. The monoisotopic (exact) mass is 494 g/mol. The maximum absolute atomic E-state index is 13.1. The van der Waals surface area contributed by atoms with E-state index in [1.807, 2.05) is 55.5 Å². The molecule has 0 saturated carbocycles. The maximum atomic E-state index is 13.1. The number of aryl methyl sites for hydroxylation is 1. The van der Waals surface area contributed by atoms with Gasteiger partial charge in [-0.3, -0.25) is 9.59 Å². The lowest BCUT2D eigenvalue weighted by molar-refractivity contribution is -0.116. The minimum absolute atomic E-state index is 0.0640. The smallest absolute Gasteiger partial charge is 0.254 e. The van der Waals surface area contributed by atoms with Gasteiger partial charge in [-0.15, -0.1) is 0 Å². The van der Waals surface area contributed by atoms with Crippen LogP contribution in [0.3, 0.4) is 0 Å². The van der Waals surface area contributed by atoms with Gasteiger partial charge in [-0.05, 0) is 49.6 Å². The summed E-state index contributed by atoms with van der Waals surface area (Å²) in [5.74, 6) is 0.0462. The molecule has 0 unspecified atom stereocenters. The molecule has 0 fully saturated rings. The van der Waals surface area contributed by atoms with Crippen molar-refractivity contribution in [2.24, 2.45) is 0 Å². The highest BCUT2D eigenvalue weighted by molar-refractivity contribution is 6.32. The number of carbonyl (C=O) groups excluding carboxylic acids is 2.